The van der Waals surface area contributed by atoms with Crippen LogP contribution in [0.5, 0.6) is 0 Å². The lowest BCUT2D eigenvalue weighted by molar-refractivity contribution is 0.636. The van der Waals surface area contributed by atoms with E-state index in [1.807, 2.05) is 37.4 Å². The van der Waals surface area contributed by atoms with E-state index in [-0.39, 0.29) is 0 Å². The monoisotopic (exact) mass is 424 g/mol. The first kappa shape index (κ1) is 20.4. The van der Waals surface area contributed by atoms with E-state index in [4.69, 9.17) is 9.97 Å². The molecule has 1 fully saturated rings. The molecule has 32 heavy (non-hydrogen) atoms. The summed E-state index contributed by atoms with van der Waals surface area (Å²) in [6, 6.07) is 16.8. The largest absolute Gasteiger partial charge is 0.353 e. The number of rotatable bonds is 4. The maximum Gasteiger partial charge on any atom is 0.147 e. The summed E-state index contributed by atoms with van der Waals surface area (Å²) in [6.07, 6.45) is 2.73. The number of aromatic nitrogens is 4. The molecule has 2 aromatic heterocycles. The number of anilines is 2. The molecule has 0 N–H and O–H groups in total. The third kappa shape index (κ3) is 4.13. The molecule has 5 rings (SSSR count). The smallest absolute Gasteiger partial charge is 0.147 e. The Hall–Kier alpha value is -3.54. The van der Waals surface area contributed by atoms with Crippen LogP contribution in [0.2, 0.25) is 0 Å². The minimum atomic E-state index is 0.827. The van der Waals surface area contributed by atoms with Crippen molar-refractivity contribution in [3.8, 4) is 0 Å². The molecule has 2 aromatic carbocycles. The van der Waals surface area contributed by atoms with Gasteiger partial charge in [-0.15, -0.1) is 0 Å². The van der Waals surface area contributed by atoms with Gasteiger partial charge in [0, 0.05) is 43.9 Å². The van der Waals surface area contributed by atoms with E-state index in [0.717, 1.165) is 66.8 Å². The fourth-order valence-corrected chi connectivity index (χ4v) is 4.34. The van der Waals surface area contributed by atoms with E-state index < -0.39 is 0 Å². The quantitative estimate of drug-likeness (QED) is 0.488. The first-order valence-electron chi connectivity index (χ1n) is 11.2. The van der Waals surface area contributed by atoms with Crippen molar-refractivity contribution in [2.45, 2.75) is 27.2 Å². The predicted octanol–water partition coefficient (Wildman–Crippen LogP) is 4.26. The molecule has 0 unspecified atom stereocenters. The van der Waals surface area contributed by atoms with E-state index in [0.29, 0.717) is 0 Å². The summed E-state index contributed by atoms with van der Waals surface area (Å²) in [4.78, 5) is 23.7. The van der Waals surface area contributed by atoms with Gasteiger partial charge in [-0.1, -0.05) is 42.0 Å². The van der Waals surface area contributed by atoms with Crippen LogP contribution in [0.3, 0.4) is 0 Å². The minimum absolute atomic E-state index is 0.827. The molecule has 0 atom stereocenters. The lowest BCUT2D eigenvalue weighted by atomic mass is 10.0. The minimum Gasteiger partial charge on any atom is -0.353 e. The van der Waals surface area contributed by atoms with Crippen molar-refractivity contribution in [3.63, 3.8) is 0 Å². The normalized spacial score (nSPS) is 14.2. The Labute approximate surface area is 189 Å². The van der Waals surface area contributed by atoms with Gasteiger partial charge in [0.25, 0.3) is 0 Å². The van der Waals surface area contributed by atoms with E-state index in [1.54, 1.807) is 0 Å². The molecule has 162 valence electrons. The number of benzene rings is 2. The molecule has 1 aliphatic heterocycles. The average Bonchev–Trinajstić information content (AvgIpc) is 2.82. The molecule has 0 radical (unpaired) electrons. The van der Waals surface area contributed by atoms with Crippen molar-refractivity contribution >= 4 is 22.7 Å². The first-order chi connectivity index (χ1) is 15.6. The first-order valence-corrected chi connectivity index (χ1v) is 11.2. The maximum absolute atomic E-state index is 4.88. The van der Waals surface area contributed by atoms with E-state index in [2.05, 4.69) is 57.9 Å². The number of aryl methyl sites for hydroxylation is 3. The lowest BCUT2D eigenvalue weighted by Gasteiger charge is -2.37. The van der Waals surface area contributed by atoms with Gasteiger partial charge in [0.15, 0.2) is 0 Å². The number of nitrogens with zero attached hydrogens (tertiary/aromatic N) is 6. The summed E-state index contributed by atoms with van der Waals surface area (Å²) in [7, 11) is 0. The summed E-state index contributed by atoms with van der Waals surface area (Å²) in [5.41, 5.74) is 6.72. The van der Waals surface area contributed by atoms with Crippen molar-refractivity contribution in [1.82, 2.24) is 19.9 Å². The molecular weight excluding hydrogens is 396 g/mol. The maximum atomic E-state index is 4.88. The van der Waals surface area contributed by atoms with Gasteiger partial charge in [0.2, 0.25) is 0 Å². The van der Waals surface area contributed by atoms with E-state index >= 15 is 0 Å². The van der Waals surface area contributed by atoms with Gasteiger partial charge >= 0.3 is 0 Å². The van der Waals surface area contributed by atoms with Crippen molar-refractivity contribution in [1.29, 1.82) is 0 Å². The highest BCUT2D eigenvalue weighted by Crippen LogP contribution is 2.26. The van der Waals surface area contributed by atoms with Crippen LogP contribution < -0.4 is 9.80 Å². The summed E-state index contributed by atoms with van der Waals surface area (Å²) < 4.78 is 0. The standard InChI is InChI=1S/C26H28N6/c1-18-8-10-21(11-9-18)16-22-19(2)28-20(3)29-26(22)32-14-12-31(13-15-32)25-17-27-23-6-4-5-7-24(23)30-25/h4-11,17H,12-16H2,1-3H3. The summed E-state index contributed by atoms with van der Waals surface area (Å²) >= 11 is 0. The zero-order valence-corrected chi connectivity index (χ0v) is 18.9. The summed E-state index contributed by atoms with van der Waals surface area (Å²) in [6.45, 7) is 9.76. The topological polar surface area (TPSA) is 58.0 Å². The van der Waals surface area contributed by atoms with Crippen LogP contribution in [0.1, 0.15) is 28.2 Å². The SMILES string of the molecule is Cc1ccc(Cc2c(C)nc(C)nc2N2CCN(c3cnc4ccccc4n3)CC2)cc1. The number of fused-ring (bicyclic) bond motifs is 1. The molecule has 6 nitrogen and oxygen atoms in total. The molecule has 6 heteroatoms. The Morgan fingerprint density at radius 2 is 1.44 bits per heavy atom. The van der Waals surface area contributed by atoms with Crippen molar-refractivity contribution < 1.29 is 0 Å². The fourth-order valence-electron chi connectivity index (χ4n) is 4.34. The van der Waals surface area contributed by atoms with Gasteiger partial charge in [-0.3, -0.25) is 4.98 Å². The third-order valence-corrected chi connectivity index (χ3v) is 6.14. The lowest BCUT2D eigenvalue weighted by Crippen LogP contribution is -2.47. The van der Waals surface area contributed by atoms with Crippen molar-refractivity contribution in [3.05, 3.63) is 82.9 Å². The van der Waals surface area contributed by atoms with Gasteiger partial charge in [-0.05, 0) is 38.5 Å². The molecule has 0 bridgehead atoms. The van der Waals surface area contributed by atoms with Gasteiger partial charge < -0.3 is 9.80 Å². The Balaban J connectivity index is 1.37. The number of para-hydroxylation sites is 2. The Kier molecular flexibility index (Phi) is 5.43. The highest BCUT2D eigenvalue weighted by Gasteiger charge is 2.23. The van der Waals surface area contributed by atoms with Gasteiger partial charge in [-0.2, -0.15) is 0 Å². The van der Waals surface area contributed by atoms with Crippen LogP contribution in [0, 0.1) is 20.8 Å². The van der Waals surface area contributed by atoms with E-state index in [1.165, 1.54) is 16.7 Å². The Bertz CT molecular complexity index is 1240. The van der Waals surface area contributed by atoms with Gasteiger partial charge in [0.05, 0.1) is 17.2 Å². The van der Waals surface area contributed by atoms with Crippen LogP contribution in [-0.4, -0.2) is 46.1 Å². The number of hydrogen-bond acceptors (Lipinski definition) is 6. The second kappa shape index (κ2) is 8.54. The van der Waals surface area contributed by atoms with Crippen LogP contribution in [0.15, 0.2) is 54.7 Å². The Morgan fingerprint density at radius 1 is 0.750 bits per heavy atom. The van der Waals surface area contributed by atoms with Gasteiger partial charge in [-0.25, -0.2) is 15.0 Å². The highest BCUT2D eigenvalue weighted by atomic mass is 15.3. The molecule has 1 saturated heterocycles. The zero-order valence-electron chi connectivity index (χ0n) is 18.9. The number of hydrogen-bond donors (Lipinski definition) is 0. The molecule has 0 amide bonds. The summed E-state index contributed by atoms with van der Waals surface area (Å²) in [5.74, 6) is 2.84. The fraction of sp³-hybridized carbons (Fsp3) is 0.308. The van der Waals surface area contributed by atoms with Crippen LogP contribution in [0.25, 0.3) is 11.0 Å². The van der Waals surface area contributed by atoms with Crippen LogP contribution in [0.4, 0.5) is 11.6 Å². The van der Waals surface area contributed by atoms with Crippen molar-refractivity contribution in [2.24, 2.45) is 0 Å². The molecule has 0 saturated carbocycles. The second-order valence-corrected chi connectivity index (χ2v) is 8.51. The highest BCUT2D eigenvalue weighted by molar-refractivity contribution is 5.75. The molecule has 0 spiro atoms. The third-order valence-electron chi connectivity index (χ3n) is 6.14. The molecule has 4 aromatic rings. The average molecular weight is 425 g/mol. The predicted molar refractivity (Wildman–Crippen MR) is 129 cm³/mol. The van der Waals surface area contributed by atoms with Crippen LogP contribution >= 0.6 is 0 Å². The molecule has 0 aliphatic carbocycles. The summed E-state index contributed by atoms with van der Waals surface area (Å²) in [5, 5.41) is 0. The second-order valence-electron chi connectivity index (χ2n) is 8.51. The van der Waals surface area contributed by atoms with Gasteiger partial charge in [0.1, 0.15) is 17.5 Å². The zero-order chi connectivity index (χ0) is 22.1. The molecule has 1 aliphatic rings. The Morgan fingerprint density at radius 3 is 2.19 bits per heavy atom. The molecule has 3 heterocycles. The van der Waals surface area contributed by atoms with Crippen LogP contribution in [-0.2, 0) is 6.42 Å². The molecular formula is C26H28N6. The van der Waals surface area contributed by atoms with E-state index in [9.17, 15) is 0 Å². The number of piperazine rings is 1. The van der Waals surface area contributed by atoms with Crippen molar-refractivity contribution in [2.75, 3.05) is 36.0 Å².